The Morgan fingerprint density at radius 2 is 0.645 bits per heavy atom. The molecule has 31 heavy (non-hydrogen) atoms. The van der Waals surface area contributed by atoms with Crippen LogP contribution in [0.5, 0.6) is 0 Å². The van der Waals surface area contributed by atoms with Crippen LogP contribution in [-0.4, -0.2) is 47.6 Å². The molecule has 0 aliphatic heterocycles. The van der Waals surface area contributed by atoms with Crippen LogP contribution in [0.25, 0.3) is 0 Å². The van der Waals surface area contributed by atoms with Gasteiger partial charge < -0.3 is 31.2 Å². The van der Waals surface area contributed by atoms with Gasteiger partial charge in [-0.25, -0.2) is 0 Å². The molecule has 0 aliphatic rings. The van der Waals surface area contributed by atoms with Gasteiger partial charge in [-0.05, 0) is 14.6 Å². The van der Waals surface area contributed by atoms with Crippen molar-refractivity contribution in [2.24, 2.45) is 15.8 Å². The van der Waals surface area contributed by atoms with Crippen molar-refractivity contribution in [1.82, 2.24) is 0 Å². The molecule has 0 spiro atoms. The minimum absolute atomic E-state index is 0. The quantitative estimate of drug-likeness (QED) is 0.231. The van der Waals surface area contributed by atoms with Crippen molar-refractivity contribution in [3.63, 3.8) is 0 Å². The molecular weight excluding hydrogens is 423 g/mol. The van der Waals surface area contributed by atoms with Crippen LogP contribution in [-0.2, 0) is 0 Å². The maximum Gasteiger partial charge on any atom is 3.00 e. The molecule has 0 amide bonds. The summed E-state index contributed by atoms with van der Waals surface area (Å²) in [7, 11) is 0. The van der Waals surface area contributed by atoms with Gasteiger partial charge in [-0.1, -0.05) is 54.6 Å². The number of nitrogens with zero attached hydrogens (tertiary/aromatic N) is 6. The molecule has 0 aliphatic carbocycles. The average Bonchev–Trinajstić information content (AvgIpc) is 2.85. The van der Waals surface area contributed by atoms with Gasteiger partial charge in [0.1, 0.15) is 0 Å². The number of hydrogen-bond acceptors (Lipinski definition) is 6. The SMILES string of the molecule is [Al+3].[O-][N+](=NO)c1ccccc1.[O-][N+](=NO)c1ccccc1.[O-][N+](=NO)c1ccccc1. The molecule has 3 rings (SSSR count). The number of para-hydroxylation sites is 3. The Kier molecular flexibility index (Phi) is 13.6. The molecule has 0 fully saturated rings. The van der Waals surface area contributed by atoms with Crippen LogP contribution in [0.4, 0.5) is 17.1 Å². The van der Waals surface area contributed by atoms with Gasteiger partial charge in [0.05, 0.1) is 0 Å². The van der Waals surface area contributed by atoms with Crippen LogP contribution in [0.3, 0.4) is 0 Å². The van der Waals surface area contributed by atoms with Gasteiger partial charge >= 0.3 is 17.4 Å². The standard InChI is InChI=1S/3C6H6N2O2.Al/c3*9-7-8(10)6-4-2-1-3-5-6;/h3*1-5,9H;/q;;;+3. The predicted molar refractivity (Wildman–Crippen MR) is 108 cm³/mol. The minimum Gasteiger partial charge on any atom is -0.592 e. The van der Waals surface area contributed by atoms with Crippen LogP contribution in [0.15, 0.2) is 107 Å². The molecule has 13 heteroatoms. The summed E-state index contributed by atoms with van der Waals surface area (Å²) in [6.07, 6.45) is 0. The summed E-state index contributed by atoms with van der Waals surface area (Å²) in [4.78, 5) is 0.417. The zero-order valence-corrected chi connectivity index (χ0v) is 17.1. The fourth-order valence-electron chi connectivity index (χ4n) is 1.82. The number of benzene rings is 3. The average molecular weight is 441 g/mol. The molecule has 0 radical (unpaired) electrons. The molecule has 0 saturated carbocycles. The summed E-state index contributed by atoms with van der Waals surface area (Å²) >= 11 is 0. The summed E-state index contributed by atoms with van der Waals surface area (Å²) < 4.78 is 0. The van der Waals surface area contributed by atoms with Crippen molar-refractivity contribution in [1.29, 1.82) is 0 Å². The second-order valence-corrected chi connectivity index (χ2v) is 5.09. The Hall–Kier alpha value is -4.21. The molecule has 0 atom stereocenters. The van der Waals surface area contributed by atoms with E-state index in [1.165, 1.54) is 0 Å². The van der Waals surface area contributed by atoms with Crippen molar-refractivity contribution < 1.29 is 30.2 Å². The molecule has 0 saturated heterocycles. The van der Waals surface area contributed by atoms with E-state index in [2.05, 4.69) is 15.8 Å². The van der Waals surface area contributed by atoms with Gasteiger partial charge in [-0.3, -0.25) is 0 Å². The van der Waals surface area contributed by atoms with E-state index in [1.807, 2.05) is 0 Å². The first kappa shape index (κ1) is 26.8. The van der Waals surface area contributed by atoms with Crippen molar-refractivity contribution in [2.45, 2.75) is 0 Å². The van der Waals surface area contributed by atoms with Gasteiger partial charge in [-0.15, -0.1) is 0 Å². The van der Waals surface area contributed by atoms with E-state index in [1.54, 1.807) is 91.0 Å². The summed E-state index contributed by atoms with van der Waals surface area (Å²) in [6.45, 7) is 0. The molecule has 3 N–H and O–H groups in total. The van der Waals surface area contributed by atoms with Crippen molar-refractivity contribution in [3.05, 3.63) is 107 Å². The third-order valence-corrected chi connectivity index (χ3v) is 3.17. The molecule has 156 valence electrons. The molecule has 3 aromatic rings. The van der Waals surface area contributed by atoms with Gasteiger partial charge in [0.2, 0.25) is 32.9 Å². The van der Waals surface area contributed by atoms with Crippen LogP contribution in [0.2, 0.25) is 0 Å². The van der Waals surface area contributed by atoms with Gasteiger partial charge in [0, 0.05) is 36.4 Å². The van der Waals surface area contributed by atoms with E-state index in [-0.39, 0.29) is 31.9 Å². The van der Waals surface area contributed by atoms with Gasteiger partial charge in [0.25, 0.3) is 0 Å². The Morgan fingerprint density at radius 3 is 0.806 bits per heavy atom. The second-order valence-electron chi connectivity index (χ2n) is 5.09. The zero-order chi connectivity index (χ0) is 22.2. The molecule has 0 unspecified atom stereocenters. The third kappa shape index (κ3) is 10.2. The van der Waals surface area contributed by atoms with Crippen molar-refractivity contribution >= 4 is 34.4 Å². The van der Waals surface area contributed by atoms with Crippen molar-refractivity contribution in [3.8, 4) is 0 Å². The van der Waals surface area contributed by atoms with E-state index in [0.29, 0.717) is 17.1 Å². The normalized spacial score (nSPS) is 11.0. The summed E-state index contributed by atoms with van der Waals surface area (Å²) in [5.74, 6) is 0. The molecule has 0 heterocycles. The maximum atomic E-state index is 10.5. The fraction of sp³-hybridized carbons (Fsp3) is 0. The maximum absolute atomic E-state index is 10.5. The monoisotopic (exact) mass is 441 g/mol. The molecule has 12 nitrogen and oxygen atoms in total. The van der Waals surface area contributed by atoms with Crippen LogP contribution in [0.1, 0.15) is 0 Å². The molecular formula is C18H18AlN6O6+3. The Bertz CT molecular complexity index is 832. The summed E-state index contributed by atoms with van der Waals surface area (Å²) in [6, 6.07) is 24.7. The van der Waals surface area contributed by atoms with E-state index >= 15 is 0 Å². The molecule has 3 aromatic carbocycles. The third-order valence-electron chi connectivity index (χ3n) is 3.17. The predicted octanol–water partition coefficient (Wildman–Crippen LogP) is 4.63. The van der Waals surface area contributed by atoms with E-state index in [0.717, 1.165) is 0 Å². The van der Waals surface area contributed by atoms with E-state index < -0.39 is 0 Å². The Balaban J connectivity index is 0.000000429. The van der Waals surface area contributed by atoms with E-state index in [9.17, 15) is 15.6 Å². The molecule has 0 bridgehead atoms. The number of rotatable bonds is 3. The fourth-order valence-corrected chi connectivity index (χ4v) is 1.82. The summed E-state index contributed by atoms with van der Waals surface area (Å²) in [5.41, 5.74) is 0.931. The second kappa shape index (κ2) is 15.7. The van der Waals surface area contributed by atoms with Gasteiger partial charge in [-0.2, -0.15) is 0 Å². The smallest absolute Gasteiger partial charge is 0.592 e. The minimum atomic E-state index is 0. The van der Waals surface area contributed by atoms with E-state index in [4.69, 9.17) is 15.6 Å². The Labute approximate surface area is 187 Å². The van der Waals surface area contributed by atoms with Crippen LogP contribution < -0.4 is 0 Å². The van der Waals surface area contributed by atoms with Crippen LogP contribution >= 0.6 is 0 Å². The molecule has 0 aromatic heterocycles. The summed E-state index contributed by atoms with van der Waals surface area (Å²) in [5, 5.41) is 62.9. The van der Waals surface area contributed by atoms with Gasteiger partial charge in [0.15, 0.2) is 0 Å². The van der Waals surface area contributed by atoms with Crippen LogP contribution in [0, 0.1) is 15.6 Å². The number of hydrogen-bond donors (Lipinski definition) is 3. The zero-order valence-electron chi connectivity index (χ0n) is 16.0. The first-order valence-corrected chi connectivity index (χ1v) is 8.15. The first-order chi connectivity index (χ1) is 14.5. The largest absolute Gasteiger partial charge is 3.00 e. The van der Waals surface area contributed by atoms with Crippen molar-refractivity contribution in [2.75, 3.05) is 0 Å². The topological polar surface area (TPSA) is 176 Å². The Morgan fingerprint density at radius 1 is 0.452 bits per heavy atom. The first-order valence-electron chi connectivity index (χ1n) is 8.15.